The lowest BCUT2D eigenvalue weighted by Crippen LogP contribution is -2.32. The van der Waals surface area contributed by atoms with E-state index in [2.05, 4.69) is 9.97 Å². The third kappa shape index (κ3) is 4.09. The van der Waals surface area contributed by atoms with E-state index >= 15 is 0 Å². The van der Waals surface area contributed by atoms with E-state index in [1.807, 2.05) is 10.8 Å². The van der Waals surface area contributed by atoms with Crippen LogP contribution in [0.25, 0.3) is 0 Å². The molecular weight excluding hydrogens is 396 g/mol. The molecule has 0 aliphatic carbocycles. The molecule has 8 heteroatoms. The molecule has 1 saturated heterocycles. The number of pyridine rings is 1. The highest BCUT2D eigenvalue weighted by Gasteiger charge is 2.52. The van der Waals surface area contributed by atoms with Crippen molar-refractivity contribution in [2.24, 2.45) is 5.92 Å². The molecule has 0 radical (unpaired) electrons. The number of amides is 1. The largest absolute Gasteiger partial charge is 0.497 e. The summed E-state index contributed by atoms with van der Waals surface area (Å²) in [7, 11) is 1.51. The highest BCUT2D eigenvalue weighted by Crippen LogP contribution is 2.37. The van der Waals surface area contributed by atoms with Crippen LogP contribution in [-0.4, -0.2) is 50.6 Å². The number of ether oxygens (including phenoxy) is 1. The highest BCUT2D eigenvalue weighted by molar-refractivity contribution is 6.44. The van der Waals surface area contributed by atoms with Crippen LogP contribution in [0.4, 0.5) is 0 Å². The van der Waals surface area contributed by atoms with Gasteiger partial charge in [-0.15, -0.1) is 0 Å². The van der Waals surface area contributed by atoms with Crippen molar-refractivity contribution in [1.82, 2.24) is 19.4 Å². The zero-order valence-electron chi connectivity index (χ0n) is 17.0. The molecule has 31 heavy (non-hydrogen) atoms. The number of likely N-dealkylation sites (tertiary alicyclic amines) is 1. The Balaban J connectivity index is 1.65. The number of aromatic nitrogens is 3. The minimum atomic E-state index is -1.15. The summed E-state index contributed by atoms with van der Waals surface area (Å²) < 4.78 is 7.10. The van der Waals surface area contributed by atoms with Crippen molar-refractivity contribution in [3.05, 3.63) is 78.6 Å². The van der Waals surface area contributed by atoms with Gasteiger partial charge >= 0.3 is 0 Å². The molecule has 0 N–H and O–H groups in total. The Hall–Kier alpha value is -3.81. The SMILES string of the molecule is COc1cccc(C(=O)C2C(=O)C(=O)N(CCCn3ccnc3)C2c2ccccn2)c1. The Bertz CT molecular complexity index is 1080. The van der Waals surface area contributed by atoms with Gasteiger partial charge in [0, 0.05) is 37.2 Å². The van der Waals surface area contributed by atoms with Crippen molar-refractivity contribution in [2.75, 3.05) is 13.7 Å². The lowest BCUT2D eigenvalue weighted by molar-refractivity contribution is -0.140. The Morgan fingerprint density at radius 2 is 1.97 bits per heavy atom. The molecule has 1 aliphatic rings. The number of carbonyl (C=O) groups is 3. The lowest BCUT2D eigenvalue weighted by Gasteiger charge is -2.26. The van der Waals surface area contributed by atoms with E-state index < -0.39 is 29.4 Å². The summed E-state index contributed by atoms with van der Waals surface area (Å²) in [6, 6.07) is 11.1. The van der Waals surface area contributed by atoms with E-state index in [4.69, 9.17) is 4.74 Å². The van der Waals surface area contributed by atoms with Crippen molar-refractivity contribution in [3.8, 4) is 5.75 Å². The van der Waals surface area contributed by atoms with Crippen LogP contribution in [0.2, 0.25) is 0 Å². The van der Waals surface area contributed by atoms with E-state index in [9.17, 15) is 14.4 Å². The minimum Gasteiger partial charge on any atom is -0.497 e. The van der Waals surface area contributed by atoms with Gasteiger partial charge in [0.1, 0.15) is 11.7 Å². The molecule has 3 heterocycles. The summed E-state index contributed by atoms with van der Waals surface area (Å²) in [5, 5.41) is 0. The third-order valence-corrected chi connectivity index (χ3v) is 5.41. The molecule has 4 rings (SSSR count). The van der Waals surface area contributed by atoms with Crippen molar-refractivity contribution in [2.45, 2.75) is 19.0 Å². The first-order valence-electron chi connectivity index (χ1n) is 10.00. The Labute approximate surface area is 179 Å². The van der Waals surface area contributed by atoms with Crippen LogP contribution in [-0.2, 0) is 16.1 Å². The fourth-order valence-electron chi connectivity index (χ4n) is 3.91. The van der Waals surface area contributed by atoms with E-state index in [-0.39, 0.29) is 0 Å². The molecule has 2 atom stereocenters. The fourth-order valence-corrected chi connectivity index (χ4v) is 3.91. The van der Waals surface area contributed by atoms with Crippen LogP contribution in [0.3, 0.4) is 0 Å². The zero-order valence-corrected chi connectivity index (χ0v) is 17.0. The smallest absolute Gasteiger partial charge is 0.291 e. The third-order valence-electron chi connectivity index (χ3n) is 5.41. The predicted molar refractivity (Wildman–Crippen MR) is 111 cm³/mol. The van der Waals surface area contributed by atoms with Crippen LogP contribution < -0.4 is 4.74 Å². The topological polar surface area (TPSA) is 94.4 Å². The number of rotatable bonds is 8. The lowest BCUT2D eigenvalue weighted by atomic mass is 9.88. The number of benzene rings is 1. The van der Waals surface area contributed by atoms with Crippen molar-refractivity contribution >= 4 is 17.5 Å². The van der Waals surface area contributed by atoms with Gasteiger partial charge in [0.2, 0.25) is 5.78 Å². The number of Topliss-reactive ketones (excluding diaryl/α,β-unsaturated/α-hetero) is 2. The number of methoxy groups -OCH3 is 1. The van der Waals surface area contributed by atoms with Gasteiger partial charge < -0.3 is 14.2 Å². The average molecular weight is 418 g/mol. The molecule has 8 nitrogen and oxygen atoms in total. The molecule has 1 amide bonds. The number of aryl methyl sites for hydroxylation is 1. The van der Waals surface area contributed by atoms with E-state index in [0.29, 0.717) is 36.5 Å². The van der Waals surface area contributed by atoms with E-state index in [1.54, 1.807) is 61.2 Å². The second-order valence-corrected chi connectivity index (χ2v) is 7.29. The van der Waals surface area contributed by atoms with Crippen LogP contribution in [0.5, 0.6) is 5.75 Å². The van der Waals surface area contributed by atoms with Gasteiger partial charge in [-0.2, -0.15) is 0 Å². The molecule has 0 spiro atoms. The Kier molecular flexibility index (Phi) is 5.88. The maximum Gasteiger partial charge on any atom is 0.291 e. The van der Waals surface area contributed by atoms with Crippen LogP contribution in [0, 0.1) is 5.92 Å². The predicted octanol–water partition coefficient (Wildman–Crippen LogP) is 2.33. The van der Waals surface area contributed by atoms with E-state index in [1.165, 1.54) is 12.0 Å². The first-order valence-corrected chi connectivity index (χ1v) is 10.00. The summed E-state index contributed by atoms with van der Waals surface area (Å²) in [4.78, 5) is 49.1. The van der Waals surface area contributed by atoms with Crippen molar-refractivity contribution < 1.29 is 19.1 Å². The molecule has 2 unspecified atom stereocenters. The van der Waals surface area contributed by atoms with Gasteiger partial charge in [-0.1, -0.05) is 18.2 Å². The number of hydrogen-bond donors (Lipinski definition) is 0. The van der Waals surface area contributed by atoms with Gasteiger partial charge in [0.25, 0.3) is 5.91 Å². The maximum absolute atomic E-state index is 13.4. The number of nitrogens with zero attached hydrogens (tertiary/aromatic N) is 4. The molecule has 1 aliphatic heterocycles. The molecule has 158 valence electrons. The number of imidazole rings is 1. The summed E-state index contributed by atoms with van der Waals surface area (Å²) in [5.41, 5.74) is 0.845. The van der Waals surface area contributed by atoms with Gasteiger partial charge in [-0.05, 0) is 30.7 Å². The van der Waals surface area contributed by atoms with Crippen molar-refractivity contribution in [1.29, 1.82) is 0 Å². The fraction of sp³-hybridized carbons (Fsp3) is 0.261. The Morgan fingerprint density at radius 1 is 1.10 bits per heavy atom. The van der Waals surface area contributed by atoms with Gasteiger partial charge in [0.15, 0.2) is 5.78 Å². The molecule has 1 aromatic carbocycles. The number of hydrogen-bond acceptors (Lipinski definition) is 6. The normalized spacial score (nSPS) is 18.4. The molecule has 0 bridgehead atoms. The summed E-state index contributed by atoms with van der Waals surface area (Å²) in [6.07, 6.45) is 7.42. The molecular formula is C23H22N4O4. The van der Waals surface area contributed by atoms with Gasteiger partial charge in [-0.25, -0.2) is 4.98 Å². The second kappa shape index (κ2) is 8.91. The second-order valence-electron chi connectivity index (χ2n) is 7.29. The quantitative estimate of drug-likeness (QED) is 0.317. The first kappa shape index (κ1) is 20.5. The molecule has 1 fully saturated rings. The van der Waals surface area contributed by atoms with Crippen molar-refractivity contribution in [3.63, 3.8) is 0 Å². The average Bonchev–Trinajstić information content (AvgIpc) is 3.41. The number of ketones is 2. The molecule has 2 aromatic heterocycles. The zero-order chi connectivity index (χ0) is 21.8. The first-order chi connectivity index (χ1) is 15.1. The van der Waals surface area contributed by atoms with Gasteiger partial charge in [-0.3, -0.25) is 19.4 Å². The van der Waals surface area contributed by atoms with Crippen LogP contribution in [0.1, 0.15) is 28.5 Å². The molecule has 3 aromatic rings. The summed E-state index contributed by atoms with van der Waals surface area (Å²) in [6.45, 7) is 0.966. The van der Waals surface area contributed by atoms with E-state index in [0.717, 1.165) is 0 Å². The number of carbonyl (C=O) groups excluding carboxylic acids is 3. The summed E-state index contributed by atoms with van der Waals surface area (Å²) in [5.74, 6) is -2.41. The molecule has 0 saturated carbocycles. The summed E-state index contributed by atoms with van der Waals surface area (Å²) >= 11 is 0. The maximum atomic E-state index is 13.4. The Morgan fingerprint density at radius 3 is 2.68 bits per heavy atom. The van der Waals surface area contributed by atoms with Gasteiger partial charge in [0.05, 0.1) is 25.2 Å². The standard InChI is InChI=1S/C23H22N4O4/c1-31-17-7-4-6-16(14-17)21(28)19-20(18-8-2-3-9-25-18)27(23(30)22(19)29)12-5-11-26-13-10-24-15-26/h2-4,6-10,13-15,19-20H,5,11-12H2,1H3. The highest BCUT2D eigenvalue weighted by atomic mass is 16.5. The minimum absolute atomic E-state index is 0.325. The van der Waals surface area contributed by atoms with Crippen LogP contribution >= 0.6 is 0 Å². The van der Waals surface area contributed by atoms with Crippen LogP contribution in [0.15, 0.2) is 67.4 Å². The monoisotopic (exact) mass is 418 g/mol.